The van der Waals surface area contributed by atoms with E-state index in [2.05, 4.69) is 102 Å². The van der Waals surface area contributed by atoms with Gasteiger partial charge in [0.1, 0.15) is 0 Å². The van der Waals surface area contributed by atoms with Gasteiger partial charge in [-0.15, -0.1) is 0 Å². The minimum atomic E-state index is 1.02. The SMILES string of the molecule is C/C=C(\C)n1c2cnc(-c3c(C)cc(C)cc3C)cc2c2cc(-c3c(C)cc(C)cc3C)ncc21. The van der Waals surface area contributed by atoms with E-state index >= 15 is 0 Å². The zero-order chi connectivity index (χ0) is 25.0. The molecule has 3 nitrogen and oxygen atoms in total. The van der Waals surface area contributed by atoms with Gasteiger partial charge in [0.2, 0.25) is 0 Å². The van der Waals surface area contributed by atoms with Crippen molar-refractivity contribution < 1.29 is 0 Å². The van der Waals surface area contributed by atoms with E-state index in [0.717, 1.165) is 22.4 Å². The molecule has 3 heteroatoms. The number of benzene rings is 2. The molecule has 0 N–H and O–H groups in total. The highest BCUT2D eigenvalue weighted by atomic mass is 15.0. The van der Waals surface area contributed by atoms with Gasteiger partial charge in [0.15, 0.2) is 0 Å². The summed E-state index contributed by atoms with van der Waals surface area (Å²) in [5, 5.41) is 2.41. The van der Waals surface area contributed by atoms with Crippen molar-refractivity contribution >= 4 is 27.5 Å². The van der Waals surface area contributed by atoms with E-state index in [0.29, 0.717) is 0 Å². The summed E-state index contributed by atoms with van der Waals surface area (Å²) < 4.78 is 2.28. The van der Waals surface area contributed by atoms with E-state index in [1.165, 1.54) is 61.0 Å². The fourth-order valence-corrected chi connectivity index (χ4v) is 5.76. The molecule has 0 saturated carbocycles. The maximum Gasteiger partial charge on any atom is 0.0722 e. The van der Waals surface area contributed by atoms with Gasteiger partial charge in [-0.1, -0.05) is 41.5 Å². The summed E-state index contributed by atoms with van der Waals surface area (Å²) in [6, 6.07) is 13.5. The summed E-state index contributed by atoms with van der Waals surface area (Å²) in [4.78, 5) is 9.90. The second-order valence-electron chi connectivity index (χ2n) is 9.99. The molecule has 0 fully saturated rings. The largest absolute Gasteiger partial charge is 0.311 e. The van der Waals surface area contributed by atoms with Crippen molar-refractivity contribution in [3.05, 3.63) is 88.2 Å². The van der Waals surface area contributed by atoms with Gasteiger partial charge in [-0.25, -0.2) is 0 Å². The number of fused-ring (bicyclic) bond motifs is 3. The molecule has 0 spiro atoms. The van der Waals surface area contributed by atoms with Gasteiger partial charge in [0, 0.05) is 27.6 Å². The molecule has 0 atom stereocenters. The normalized spacial score (nSPS) is 12.2. The first-order valence-electron chi connectivity index (χ1n) is 12.3. The third-order valence-corrected chi connectivity index (χ3v) is 7.17. The zero-order valence-electron chi connectivity index (χ0n) is 22.0. The standard InChI is InChI=1S/C32H33N3/c1-9-24(8)35-29-16-33-27(31-20(4)10-18(2)11-21(31)5)14-25(29)26-15-28(34-17-30(26)35)32-22(6)12-19(3)13-23(32)7/h9-17H,1-8H3/b24-9+. The van der Waals surface area contributed by atoms with Crippen molar-refractivity contribution in [1.29, 1.82) is 0 Å². The fraction of sp³-hybridized carbons (Fsp3) is 0.250. The van der Waals surface area contributed by atoms with Crippen LogP contribution in [0.5, 0.6) is 0 Å². The number of nitrogens with zero attached hydrogens (tertiary/aromatic N) is 3. The molecule has 0 unspecified atom stereocenters. The number of hydrogen-bond acceptors (Lipinski definition) is 2. The maximum atomic E-state index is 4.95. The Hall–Kier alpha value is -3.72. The van der Waals surface area contributed by atoms with E-state index in [4.69, 9.17) is 9.97 Å². The number of aryl methyl sites for hydroxylation is 6. The molecule has 3 aromatic heterocycles. The highest BCUT2D eigenvalue weighted by molar-refractivity contribution is 6.11. The van der Waals surface area contributed by atoms with Crippen LogP contribution in [0.4, 0.5) is 0 Å². The Morgan fingerprint density at radius 1 is 0.629 bits per heavy atom. The van der Waals surface area contributed by atoms with Crippen LogP contribution >= 0.6 is 0 Å². The van der Waals surface area contributed by atoms with Gasteiger partial charge in [-0.2, -0.15) is 0 Å². The molecule has 0 aliphatic heterocycles. The first-order valence-corrected chi connectivity index (χ1v) is 12.3. The lowest BCUT2D eigenvalue weighted by Gasteiger charge is -2.11. The lowest BCUT2D eigenvalue weighted by atomic mass is 9.95. The first kappa shape index (κ1) is 23.0. The molecule has 0 saturated heterocycles. The van der Waals surface area contributed by atoms with Crippen LogP contribution in [0.3, 0.4) is 0 Å². The molecule has 0 aliphatic carbocycles. The van der Waals surface area contributed by atoms with Crippen molar-refractivity contribution in [2.75, 3.05) is 0 Å². The lowest BCUT2D eigenvalue weighted by Crippen LogP contribution is -1.96. The minimum Gasteiger partial charge on any atom is -0.311 e. The molecular formula is C32H33N3. The molecule has 0 bridgehead atoms. The monoisotopic (exact) mass is 459 g/mol. The van der Waals surface area contributed by atoms with E-state index in [-0.39, 0.29) is 0 Å². The molecule has 0 aliphatic rings. The number of aromatic nitrogens is 3. The predicted molar refractivity (Wildman–Crippen MR) is 150 cm³/mol. The van der Waals surface area contributed by atoms with Crippen LogP contribution < -0.4 is 0 Å². The van der Waals surface area contributed by atoms with E-state index in [9.17, 15) is 0 Å². The molecule has 176 valence electrons. The quantitative estimate of drug-likeness (QED) is 0.270. The average molecular weight is 460 g/mol. The summed E-state index contributed by atoms with van der Waals surface area (Å²) >= 11 is 0. The molecule has 5 aromatic rings. The lowest BCUT2D eigenvalue weighted by molar-refractivity contribution is 1.16. The fourth-order valence-electron chi connectivity index (χ4n) is 5.76. The van der Waals surface area contributed by atoms with Crippen molar-refractivity contribution in [2.45, 2.75) is 55.4 Å². The molecule has 5 rings (SSSR count). The van der Waals surface area contributed by atoms with E-state index < -0.39 is 0 Å². The summed E-state index contributed by atoms with van der Waals surface area (Å²) in [5.74, 6) is 0. The predicted octanol–water partition coefficient (Wildman–Crippen LogP) is 8.65. The molecular weight excluding hydrogens is 426 g/mol. The van der Waals surface area contributed by atoms with Crippen molar-refractivity contribution in [3.63, 3.8) is 0 Å². The first-order chi connectivity index (χ1) is 16.7. The Morgan fingerprint density at radius 2 is 1.00 bits per heavy atom. The minimum absolute atomic E-state index is 1.02. The van der Waals surface area contributed by atoms with Gasteiger partial charge in [0.25, 0.3) is 0 Å². The van der Waals surface area contributed by atoms with Crippen LogP contribution in [0.15, 0.2) is 54.9 Å². The second-order valence-corrected chi connectivity index (χ2v) is 9.99. The number of allylic oxidation sites excluding steroid dienone is 2. The Morgan fingerprint density at radius 3 is 1.34 bits per heavy atom. The van der Waals surface area contributed by atoms with Crippen LogP contribution in [0.1, 0.15) is 47.2 Å². The van der Waals surface area contributed by atoms with Gasteiger partial charge in [-0.05, 0) is 89.8 Å². The molecule has 2 aromatic carbocycles. The molecule has 3 heterocycles. The van der Waals surface area contributed by atoms with Crippen LogP contribution in [-0.2, 0) is 0 Å². The van der Waals surface area contributed by atoms with Crippen LogP contribution in [0.2, 0.25) is 0 Å². The molecule has 35 heavy (non-hydrogen) atoms. The van der Waals surface area contributed by atoms with Gasteiger partial charge >= 0.3 is 0 Å². The maximum absolute atomic E-state index is 4.95. The Balaban J connectivity index is 1.85. The van der Waals surface area contributed by atoms with E-state index in [1.54, 1.807) is 0 Å². The summed E-state index contributed by atoms with van der Waals surface area (Å²) in [5.41, 5.74) is 15.5. The molecule has 0 radical (unpaired) electrons. The van der Waals surface area contributed by atoms with Crippen molar-refractivity contribution in [3.8, 4) is 22.5 Å². The van der Waals surface area contributed by atoms with Gasteiger partial charge < -0.3 is 4.57 Å². The highest BCUT2D eigenvalue weighted by Crippen LogP contribution is 2.37. The average Bonchev–Trinajstić information content (AvgIpc) is 3.10. The number of rotatable bonds is 3. The summed E-state index contributed by atoms with van der Waals surface area (Å²) in [6.07, 6.45) is 6.19. The smallest absolute Gasteiger partial charge is 0.0722 e. The second kappa shape index (κ2) is 8.49. The summed E-state index contributed by atoms with van der Waals surface area (Å²) in [6.45, 7) is 17.2. The van der Waals surface area contributed by atoms with Gasteiger partial charge in [-0.3, -0.25) is 9.97 Å². The van der Waals surface area contributed by atoms with Crippen LogP contribution in [0, 0.1) is 41.5 Å². The van der Waals surface area contributed by atoms with Crippen LogP contribution in [0.25, 0.3) is 50.0 Å². The Labute approximate surface area is 208 Å². The van der Waals surface area contributed by atoms with Crippen LogP contribution in [-0.4, -0.2) is 14.5 Å². The third-order valence-electron chi connectivity index (χ3n) is 7.17. The van der Waals surface area contributed by atoms with Gasteiger partial charge in [0.05, 0.1) is 34.8 Å². The van der Waals surface area contributed by atoms with Crippen molar-refractivity contribution in [1.82, 2.24) is 14.5 Å². The summed E-state index contributed by atoms with van der Waals surface area (Å²) in [7, 11) is 0. The van der Waals surface area contributed by atoms with Crippen molar-refractivity contribution in [2.24, 2.45) is 0 Å². The topological polar surface area (TPSA) is 30.7 Å². The Kier molecular flexibility index (Phi) is 5.59. The number of hydrogen-bond donors (Lipinski definition) is 0. The Bertz CT molecular complexity index is 1500. The zero-order valence-corrected chi connectivity index (χ0v) is 22.0. The third kappa shape index (κ3) is 3.76. The number of pyridine rings is 2. The van der Waals surface area contributed by atoms with E-state index in [1.807, 2.05) is 12.4 Å². The molecule has 0 amide bonds. The highest BCUT2D eigenvalue weighted by Gasteiger charge is 2.18.